The SMILES string of the molecule is Nc1ncnc2c1c(-c1ccc(Oc3ccccc3)c([N+](=O)[O-])c1)nn2C1CCN(CC(=O)NCCCCCC(=O)COc2cccc3c2C(=O)N(C2CCC(=O)NC2=O)C3=O)CC1. The number of ketones is 1. The highest BCUT2D eigenvalue weighted by molar-refractivity contribution is 6.24. The number of nitro benzene ring substituents is 1. The van der Waals surface area contributed by atoms with E-state index in [1.807, 2.05) is 6.07 Å². The van der Waals surface area contributed by atoms with Gasteiger partial charge in [-0.05, 0) is 68.5 Å². The average molecular weight is 873 g/mol. The van der Waals surface area contributed by atoms with Crippen molar-refractivity contribution in [2.75, 3.05) is 38.5 Å². The van der Waals surface area contributed by atoms with E-state index in [1.54, 1.807) is 35.0 Å². The number of aromatic nitrogens is 4. The quantitative estimate of drug-likeness (QED) is 0.0513. The van der Waals surface area contributed by atoms with Crippen LogP contribution in [-0.2, 0) is 19.2 Å². The summed E-state index contributed by atoms with van der Waals surface area (Å²) in [6.07, 6.45) is 4.83. The Labute approximate surface area is 365 Å². The second-order valence-corrected chi connectivity index (χ2v) is 15.7. The van der Waals surface area contributed by atoms with Crippen LogP contribution in [0.3, 0.4) is 0 Å². The molecule has 0 spiro atoms. The Kier molecular flexibility index (Phi) is 12.6. The number of fused-ring (bicyclic) bond motifs is 2. The second kappa shape index (κ2) is 18.8. The minimum Gasteiger partial charge on any atom is -0.485 e. The first kappa shape index (κ1) is 43.1. The maximum atomic E-state index is 13.3. The van der Waals surface area contributed by atoms with Gasteiger partial charge in [-0.1, -0.05) is 30.7 Å². The molecule has 4 N–H and O–H groups in total. The lowest BCUT2D eigenvalue weighted by molar-refractivity contribution is -0.385. The molecule has 1 atom stereocenters. The van der Waals surface area contributed by atoms with Crippen molar-refractivity contribution in [1.82, 2.24) is 40.2 Å². The Hall–Kier alpha value is -7.61. The third kappa shape index (κ3) is 9.12. The molecule has 0 saturated carbocycles. The molecule has 64 heavy (non-hydrogen) atoms. The molecule has 3 aromatic carbocycles. The average Bonchev–Trinajstić information content (AvgIpc) is 3.80. The first-order valence-corrected chi connectivity index (χ1v) is 21.0. The number of unbranched alkanes of at least 4 members (excludes halogenated alkanes) is 2. The number of imide groups is 2. The Bertz CT molecular complexity index is 2660. The number of rotatable bonds is 17. The summed E-state index contributed by atoms with van der Waals surface area (Å²) in [4.78, 5) is 99.0. The lowest BCUT2D eigenvalue weighted by Gasteiger charge is -2.31. The molecule has 0 radical (unpaired) electrons. The Balaban J connectivity index is 0.773. The number of nitro groups is 1. The minimum atomic E-state index is -1.11. The highest BCUT2D eigenvalue weighted by Crippen LogP contribution is 2.39. The van der Waals surface area contributed by atoms with E-state index >= 15 is 0 Å². The molecule has 3 aliphatic heterocycles. The number of anilines is 1. The fraction of sp³-hybridized carbons (Fsp3) is 0.341. The van der Waals surface area contributed by atoms with E-state index in [0.717, 1.165) is 4.90 Å². The van der Waals surface area contributed by atoms with Gasteiger partial charge < -0.3 is 20.5 Å². The van der Waals surface area contributed by atoms with E-state index in [-0.39, 0.29) is 84.3 Å². The third-order valence-electron chi connectivity index (χ3n) is 11.5. The minimum absolute atomic E-state index is 0.00126. The predicted molar refractivity (Wildman–Crippen MR) is 228 cm³/mol. The molecule has 20 nitrogen and oxygen atoms in total. The summed E-state index contributed by atoms with van der Waals surface area (Å²) >= 11 is 0. The summed E-state index contributed by atoms with van der Waals surface area (Å²) in [5, 5.41) is 22.6. The summed E-state index contributed by atoms with van der Waals surface area (Å²) in [5.41, 5.74) is 7.53. The highest BCUT2D eigenvalue weighted by Gasteiger charge is 2.46. The van der Waals surface area contributed by atoms with E-state index in [2.05, 4.69) is 25.5 Å². The van der Waals surface area contributed by atoms with Crippen LogP contribution in [-0.4, -0.2) is 109 Å². The topological polar surface area (TPSA) is 264 Å². The molecule has 8 rings (SSSR count). The number of para-hydroxylation sites is 1. The van der Waals surface area contributed by atoms with Crippen molar-refractivity contribution in [1.29, 1.82) is 0 Å². The number of nitrogens with two attached hydrogens (primary N) is 1. The van der Waals surface area contributed by atoms with Crippen LogP contribution in [0, 0.1) is 10.1 Å². The highest BCUT2D eigenvalue weighted by atomic mass is 16.6. The first-order chi connectivity index (χ1) is 31.0. The van der Waals surface area contributed by atoms with E-state index in [0.29, 0.717) is 79.8 Å². The molecule has 2 aromatic heterocycles. The van der Waals surface area contributed by atoms with Gasteiger partial charge in [0.25, 0.3) is 11.8 Å². The molecule has 2 fully saturated rings. The van der Waals surface area contributed by atoms with Gasteiger partial charge in [0.15, 0.2) is 11.4 Å². The zero-order valence-corrected chi connectivity index (χ0v) is 34.6. The number of ether oxygens (including phenoxy) is 2. The zero-order chi connectivity index (χ0) is 44.9. The van der Waals surface area contributed by atoms with Gasteiger partial charge in [-0.2, -0.15) is 5.10 Å². The second-order valence-electron chi connectivity index (χ2n) is 15.7. The summed E-state index contributed by atoms with van der Waals surface area (Å²) in [5.74, 6) is -2.07. The van der Waals surface area contributed by atoms with Crippen molar-refractivity contribution in [3.8, 4) is 28.5 Å². The molecule has 5 heterocycles. The number of hydrogen-bond donors (Lipinski definition) is 3. The fourth-order valence-electron chi connectivity index (χ4n) is 8.23. The molecule has 2 saturated heterocycles. The van der Waals surface area contributed by atoms with Gasteiger partial charge in [-0.3, -0.25) is 54.0 Å². The van der Waals surface area contributed by atoms with E-state index in [4.69, 9.17) is 20.3 Å². The van der Waals surface area contributed by atoms with E-state index in [1.165, 1.54) is 36.7 Å². The molecule has 0 bridgehead atoms. The van der Waals surface area contributed by atoms with Crippen molar-refractivity contribution < 1.29 is 43.2 Å². The molecular weight excluding hydrogens is 829 g/mol. The Morgan fingerprint density at radius 3 is 2.48 bits per heavy atom. The molecule has 5 amide bonds. The molecule has 330 valence electrons. The van der Waals surface area contributed by atoms with Crippen molar-refractivity contribution in [2.24, 2.45) is 0 Å². The van der Waals surface area contributed by atoms with Gasteiger partial charge in [0.05, 0.1) is 34.0 Å². The number of carbonyl (C=O) groups excluding carboxylic acids is 6. The van der Waals surface area contributed by atoms with E-state index in [9.17, 15) is 38.9 Å². The van der Waals surface area contributed by atoms with Crippen LogP contribution in [0.4, 0.5) is 11.5 Å². The third-order valence-corrected chi connectivity index (χ3v) is 11.5. The molecule has 1 unspecified atom stereocenters. The number of carbonyl (C=O) groups is 6. The number of benzene rings is 3. The number of nitrogen functional groups attached to an aromatic ring is 1. The van der Waals surface area contributed by atoms with Gasteiger partial charge in [-0.15, -0.1) is 0 Å². The van der Waals surface area contributed by atoms with Gasteiger partial charge >= 0.3 is 5.69 Å². The van der Waals surface area contributed by atoms with Crippen LogP contribution in [0.5, 0.6) is 17.2 Å². The van der Waals surface area contributed by atoms with Crippen LogP contribution < -0.4 is 25.8 Å². The number of hydrogen-bond acceptors (Lipinski definition) is 15. The Morgan fingerprint density at radius 2 is 1.72 bits per heavy atom. The number of Topliss-reactive ketones (excluding diaryl/α,β-unsaturated/α-hetero) is 1. The molecule has 3 aliphatic rings. The number of nitrogens with zero attached hydrogens (tertiary/aromatic N) is 7. The van der Waals surface area contributed by atoms with E-state index < -0.39 is 34.6 Å². The van der Waals surface area contributed by atoms with Crippen LogP contribution >= 0.6 is 0 Å². The maximum absolute atomic E-state index is 13.3. The normalized spacial score (nSPS) is 16.8. The smallest absolute Gasteiger partial charge is 0.312 e. The van der Waals surface area contributed by atoms with Gasteiger partial charge in [0, 0.05) is 44.1 Å². The van der Waals surface area contributed by atoms with Crippen molar-refractivity contribution in [3.05, 3.63) is 94.3 Å². The van der Waals surface area contributed by atoms with Crippen molar-refractivity contribution in [3.63, 3.8) is 0 Å². The molecular formula is C44H44N10O10. The number of nitrogens with one attached hydrogen (secondary N) is 2. The summed E-state index contributed by atoms with van der Waals surface area (Å²) in [7, 11) is 0. The van der Waals surface area contributed by atoms with Crippen LogP contribution in [0.25, 0.3) is 22.3 Å². The summed E-state index contributed by atoms with van der Waals surface area (Å²) in [6, 6.07) is 16.7. The number of amides is 5. The summed E-state index contributed by atoms with van der Waals surface area (Å²) in [6.45, 7) is 1.58. The van der Waals surface area contributed by atoms with Gasteiger partial charge in [0.1, 0.15) is 42.0 Å². The van der Waals surface area contributed by atoms with Crippen molar-refractivity contribution >= 4 is 57.9 Å². The summed E-state index contributed by atoms with van der Waals surface area (Å²) < 4.78 is 13.3. The van der Waals surface area contributed by atoms with Crippen molar-refractivity contribution in [2.45, 2.75) is 63.5 Å². The predicted octanol–water partition coefficient (Wildman–Crippen LogP) is 4.14. The van der Waals surface area contributed by atoms with Gasteiger partial charge in [0.2, 0.25) is 23.5 Å². The van der Waals surface area contributed by atoms with Gasteiger partial charge in [-0.25, -0.2) is 14.6 Å². The lowest BCUT2D eigenvalue weighted by atomic mass is 10.0. The monoisotopic (exact) mass is 872 g/mol. The zero-order valence-electron chi connectivity index (χ0n) is 34.6. The molecule has 20 heteroatoms. The molecule has 5 aromatic rings. The Morgan fingerprint density at radius 1 is 0.922 bits per heavy atom. The van der Waals surface area contributed by atoms with Crippen LogP contribution in [0.2, 0.25) is 0 Å². The number of piperidine rings is 2. The first-order valence-electron chi connectivity index (χ1n) is 21.0. The largest absolute Gasteiger partial charge is 0.485 e. The van der Waals surface area contributed by atoms with Crippen LogP contribution in [0.1, 0.15) is 78.1 Å². The molecule has 0 aliphatic carbocycles. The van der Waals surface area contributed by atoms with Crippen LogP contribution in [0.15, 0.2) is 73.1 Å². The fourth-order valence-corrected chi connectivity index (χ4v) is 8.23. The number of likely N-dealkylation sites (tertiary alicyclic amines) is 1. The maximum Gasteiger partial charge on any atom is 0.312 e. The lowest BCUT2D eigenvalue weighted by Crippen LogP contribution is -2.54. The standard InChI is InChI=1S/C44H44N10O10/c45-40-38-39(26-13-15-33(32(22-26)54(61)62)64-29-9-4-1-5-10-29)50-53(41(38)48-25-47-40)27-17-20-51(21-18-27)23-36(57)46-19-6-2-3-8-28(55)24-63-34-12-7-11-30-37(34)44(60)52(43(30)59)31-14-16-35(56)49-42(31)58/h1,4-5,7,9-13,15,22,25,27,31H,2-3,6,8,14,16-21,23-24H2,(H,46,57)(H2,45,47,48)(H,49,56,58).